The van der Waals surface area contributed by atoms with Crippen molar-refractivity contribution in [3.05, 3.63) is 70.8 Å². The van der Waals surface area contributed by atoms with E-state index in [1.54, 1.807) is 0 Å². The van der Waals surface area contributed by atoms with Gasteiger partial charge in [0.25, 0.3) is 0 Å². The number of hydrogen-bond donors (Lipinski definition) is 2. The highest BCUT2D eigenvalue weighted by atomic mass is 19.4. The Labute approximate surface area is 151 Å². The van der Waals surface area contributed by atoms with E-state index in [0.717, 1.165) is 18.2 Å². The van der Waals surface area contributed by atoms with E-state index in [9.17, 15) is 31.5 Å². The largest absolute Gasteiger partial charge is 0.416 e. The van der Waals surface area contributed by atoms with Crippen LogP contribution in [0.1, 0.15) is 16.7 Å². The molecule has 0 heterocycles. The number of carbonyl (C=O) groups excluding carboxylic acids is 2. The van der Waals surface area contributed by atoms with Gasteiger partial charge in [0.1, 0.15) is 17.7 Å². The van der Waals surface area contributed by atoms with Crippen LogP contribution >= 0.6 is 0 Å². The molecule has 0 fully saturated rings. The summed E-state index contributed by atoms with van der Waals surface area (Å²) in [5.41, 5.74) is 3.88. The maximum atomic E-state index is 13.6. The third kappa shape index (κ3) is 5.50. The van der Waals surface area contributed by atoms with E-state index in [4.69, 9.17) is 5.73 Å². The lowest BCUT2D eigenvalue weighted by molar-refractivity contribution is -0.138. The van der Waals surface area contributed by atoms with Gasteiger partial charge in [0, 0.05) is 12.5 Å². The van der Waals surface area contributed by atoms with Gasteiger partial charge in [0.15, 0.2) is 0 Å². The molecular weight excluding hydrogens is 371 g/mol. The molecule has 27 heavy (non-hydrogen) atoms. The minimum atomic E-state index is -4.64. The van der Waals surface area contributed by atoms with E-state index in [0.29, 0.717) is 6.07 Å². The van der Waals surface area contributed by atoms with Crippen LogP contribution in [0.25, 0.3) is 0 Å². The Morgan fingerprint density at radius 2 is 1.70 bits per heavy atom. The van der Waals surface area contributed by atoms with E-state index >= 15 is 0 Å². The predicted molar refractivity (Wildman–Crippen MR) is 86.3 cm³/mol. The van der Waals surface area contributed by atoms with Gasteiger partial charge in [0.2, 0.25) is 11.8 Å². The molecule has 4 nitrogen and oxygen atoms in total. The molecule has 0 unspecified atom stereocenters. The molecule has 144 valence electrons. The Morgan fingerprint density at radius 1 is 1.04 bits per heavy atom. The van der Waals surface area contributed by atoms with Gasteiger partial charge in [0.05, 0.1) is 12.0 Å². The fourth-order valence-electron chi connectivity index (χ4n) is 2.50. The summed E-state index contributed by atoms with van der Waals surface area (Å²) in [7, 11) is 0. The lowest BCUT2D eigenvalue weighted by atomic mass is 9.99. The summed E-state index contributed by atoms with van der Waals surface area (Å²) in [6.45, 7) is 0. The Balaban J connectivity index is 2.15. The summed E-state index contributed by atoms with van der Waals surface area (Å²) < 4.78 is 65.6. The van der Waals surface area contributed by atoms with Crippen molar-refractivity contribution in [1.82, 2.24) is 5.32 Å². The third-order valence-electron chi connectivity index (χ3n) is 3.79. The highest BCUT2D eigenvalue weighted by molar-refractivity contribution is 5.87. The summed E-state index contributed by atoms with van der Waals surface area (Å²) >= 11 is 0. The molecule has 0 aliphatic rings. The fourth-order valence-corrected chi connectivity index (χ4v) is 2.50. The first kappa shape index (κ1) is 20.3. The molecule has 2 rings (SSSR count). The second-order valence-corrected chi connectivity index (χ2v) is 5.79. The van der Waals surface area contributed by atoms with E-state index in [-0.39, 0.29) is 11.1 Å². The zero-order valence-corrected chi connectivity index (χ0v) is 13.8. The molecule has 2 aromatic carbocycles. The molecule has 0 aromatic heterocycles. The third-order valence-corrected chi connectivity index (χ3v) is 3.79. The quantitative estimate of drug-likeness (QED) is 0.750. The van der Waals surface area contributed by atoms with Gasteiger partial charge in [-0.2, -0.15) is 13.2 Å². The fraction of sp³-hybridized carbons (Fsp3) is 0.222. The molecule has 0 spiro atoms. The van der Waals surface area contributed by atoms with Crippen LogP contribution in [0, 0.1) is 11.6 Å². The summed E-state index contributed by atoms with van der Waals surface area (Å²) in [5, 5.41) is 2.19. The summed E-state index contributed by atoms with van der Waals surface area (Å²) in [6.07, 6.45) is -5.65. The van der Waals surface area contributed by atoms with E-state index in [2.05, 4.69) is 5.32 Å². The van der Waals surface area contributed by atoms with Crippen molar-refractivity contribution in [2.75, 3.05) is 0 Å². The number of hydrogen-bond acceptors (Lipinski definition) is 2. The van der Waals surface area contributed by atoms with E-state index < -0.39 is 54.1 Å². The summed E-state index contributed by atoms with van der Waals surface area (Å²) in [4.78, 5) is 23.6. The molecule has 0 bridgehead atoms. The lowest BCUT2D eigenvalue weighted by Crippen LogP contribution is -2.46. The van der Waals surface area contributed by atoms with Crippen molar-refractivity contribution in [2.45, 2.75) is 25.1 Å². The van der Waals surface area contributed by atoms with Crippen molar-refractivity contribution in [2.24, 2.45) is 5.73 Å². The maximum Gasteiger partial charge on any atom is 0.416 e. The number of rotatable bonds is 6. The Morgan fingerprint density at radius 3 is 2.30 bits per heavy atom. The van der Waals surface area contributed by atoms with Crippen LogP contribution in [0.15, 0.2) is 42.5 Å². The van der Waals surface area contributed by atoms with E-state index in [1.165, 1.54) is 18.2 Å². The molecule has 2 amide bonds. The monoisotopic (exact) mass is 386 g/mol. The number of benzene rings is 2. The number of nitrogens with two attached hydrogens (primary N) is 1. The molecule has 9 heteroatoms. The Bertz CT molecular complexity index is 852. The van der Waals surface area contributed by atoms with Gasteiger partial charge in [-0.3, -0.25) is 9.59 Å². The highest BCUT2D eigenvalue weighted by Crippen LogP contribution is 2.32. The van der Waals surface area contributed by atoms with E-state index in [1.807, 2.05) is 0 Å². The number of primary amides is 1. The second kappa shape index (κ2) is 8.15. The van der Waals surface area contributed by atoms with Crippen LogP contribution in [0.2, 0.25) is 0 Å². The SMILES string of the molecule is NC(=O)[C@@H](Cc1ccccc1C(F)(F)F)NC(=O)Cc1ccc(F)cc1F. The van der Waals surface area contributed by atoms with Gasteiger partial charge >= 0.3 is 6.18 Å². The normalized spacial score (nSPS) is 12.5. The second-order valence-electron chi connectivity index (χ2n) is 5.79. The van der Waals surface area contributed by atoms with Gasteiger partial charge in [-0.15, -0.1) is 0 Å². The molecule has 1 atom stereocenters. The molecule has 0 aliphatic heterocycles. The van der Waals surface area contributed by atoms with Crippen LogP contribution in [0.4, 0.5) is 22.0 Å². The molecule has 0 aliphatic carbocycles. The van der Waals surface area contributed by atoms with Gasteiger partial charge in [-0.05, 0) is 23.3 Å². The molecule has 3 N–H and O–H groups in total. The Hall–Kier alpha value is -2.97. The molecule has 0 saturated heterocycles. The van der Waals surface area contributed by atoms with Crippen LogP contribution in [0.5, 0.6) is 0 Å². The van der Waals surface area contributed by atoms with Crippen molar-refractivity contribution < 1.29 is 31.5 Å². The average molecular weight is 386 g/mol. The molecule has 0 saturated carbocycles. The highest BCUT2D eigenvalue weighted by Gasteiger charge is 2.34. The standard InChI is InChI=1S/C18H15F5N2O2/c19-12-6-5-11(14(20)9-12)8-16(26)25-15(17(24)27)7-10-3-1-2-4-13(10)18(21,22)23/h1-6,9,15H,7-8H2,(H2,24,27)(H,25,26)/t15-/m1/s1. The number of halogens is 5. The predicted octanol–water partition coefficient (Wildman–Crippen LogP) is 2.74. The number of alkyl halides is 3. The van der Waals surface area contributed by atoms with Crippen LogP contribution < -0.4 is 11.1 Å². The number of amides is 2. The van der Waals surface area contributed by atoms with Gasteiger partial charge < -0.3 is 11.1 Å². The maximum absolute atomic E-state index is 13.6. The zero-order chi connectivity index (χ0) is 20.2. The first-order valence-electron chi connectivity index (χ1n) is 7.75. The first-order chi connectivity index (χ1) is 12.6. The summed E-state index contributed by atoms with van der Waals surface area (Å²) in [6, 6.07) is 5.75. The van der Waals surface area contributed by atoms with Gasteiger partial charge in [-0.1, -0.05) is 24.3 Å². The molecule has 2 aromatic rings. The van der Waals surface area contributed by atoms with Crippen LogP contribution in [0.3, 0.4) is 0 Å². The number of carbonyl (C=O) groups is 2. The number of nitrogens with one attached hydrogen (secondary N) is 1. The van der Waals surface area contributed by atoms with Crippen molar-refractivity contribution in [3.8, 4) is 0 Å². The first-order valence-corrected chi connectivity index (χ1v) is 7.75. The zero-order valence-electron chi connectivity index (χ0n) is 13.8. The molecule has 0 radical (unpaired) electrons. The van der Waals surface area contributed by atoms with Gasteiger partial charge in [-0.25, -0.2) is 8.78 Å². The summed E-state index contributed by atoms with van der Waals surface area (Å²) in [5.74, 6) is -3.66. The van der Waals surface area contributed by atoms with Crippen molar-refractivity contribution >= 4 is 11.8 Å². The van der Waals surface area contributed by atoms with Crippen LogP contribution in [-0.2, 0) is 28.6 Å². The van der Waals surface area contributed by atoms with Crippen molar-refractivity contribution in [1.29, 1.82) is 0 Å². The minimum Gasteiger partial charge on any atom is -0.368 e. The lowest BCUT2D eigenvalue weighted by Gasteiger charge is -2.19. The smallest absolute Gasteiger partial charge is 0.368 e. The topological polar surface area (TPSA) is 72.2 Å². The Kier molecular flexibility index (Phi) is 6.14. The van der Waals surface area contributed by atoms with Crippen LogP contribution in [-0.4, -0.2) is 17.9 Å². The van der Waals surface area contributed by atoms with Crippen molar-refractivity contribution in [3.63, 3.8) is 0 Å². The molecular formula is C18H15F5N2O2. The minimum absolute atomic E-state index is 0.132. The average Bonchev–Trinajstić information content (AvgIpc) is 2.56.